The van der Waals surface area contributed by atoms with E-state index >= 15 is 0 Å². The van der Waals surface area contributed by atoms with Crippen molar-refractivity contribution >= 4 is 5.91 Å². The second kappa shape index (κ2) is 5.84. The van der Waals surface area contributed by atoms with Crippen molar-refractivity contribution in [2.75, 3.05) is 39.3 Å². The SMILES string of the molecule is Cc1cc(C(=O)NCCN2CCNCC2)co1. The van der Waals surface area contributed by atoms with Crippen LogP contribution in [0.25, 0.3) is 0 Å². The molecule has 2 rings (SSSR count). The first-order chi connectivity index (χ1) is 8.25. The minimum atomic E-state index is -0.0583. The molecule has 0 aromatic carbocycles. The Morgan fingerprint density at radius 3 is 2.94 bits per heavy atom. The molecule has 0 aliphatic carbocycles. The monoisotopic (exact) mass is 237 g/mol. The zero-order valence-corrected chi connectivity index (χ0v) is 10.2. The van der Waals surface area contributed by atoms with Crippen molar-refractivity contribution in [2.45, 2.75) is 6.92 Å². The van der Waals surface area contributed by atoms with E-state index in [4.69, 9.17) is 4.42 Å². The van der Waals surface area contributed by atoms with Gasteiger partial charge in [-0.2, -0.15) is 0 Å². The van der Waals surface area contributed by atoms with E-state index in [1.54, 1.807) is 6.07 Å². The van der Waals surface area contributed by atoms with Gasteiger partial charge in [-0.3, -0.25) is 9.69 Å². The second-order valence-electron chi connectivity index (χ2n) is 4.29. The first-order valence-electron chi connectivity index (χ1n) is 6.02. The van der Waals surface area contributed by atoms with Gasteiger partial charge in [0.15, 0.2) is 0 Å². The molecule has 2 N–H and O–H groups in total. The molecular weight excluding hydrogens is 218 g/mol. The fourth-order valence-corrected chi connectivity index (χ4v) is 1.93. The minimum absolute atomic E-state index is 0.0583. The first-order valence-corrected chi connectivity index (χ1v) is 6.02. The van der Waals surface area contributed by atoms with Crippen molar-refractivity contribution in [3.63, 3.8) is 0 Å². The Morgan fingerprint density at radius 2 is 2.29 bits per heavy atom. The number of furan rings is 1. The maximum Gasteiger partial charge on any atom is 0.254 e. The fraction of sp³-hybridized carbons (Fsp3) is 0.583. The summed E-state index contributed by atoms with van der Waals surface area (Å²) in [4.78, 5) is 14.0. The van der Waals surface area contributed by atoms with Gasteiger partial charge in [-0.05, 0) is 13.0 Å². The van der Waals surface area contributed by atoms with Crippen LogP contribution in [0.15, 0.2) is 16.7 Å². The summed E-state index contributed by atoms with van der Waals surface area (Å²) in [5, 5.41) is 6.20. The maximum absolute atomic E-state index is 11.7. The summed E-state index contributed by atoms with van der Waals surface area (Å²) in [6.45, 7) is 7.61. The lowest BCUT2D eigenvalue weighted by Gasteiger charge is -2.26. The molecule has 2 heterocycles. The number of nitrogens with zero attached hydrogens (tertiary/aromatic N) is 1. The molecule has 1 saturated heterocycles. The Balaban J connectivity index is 1.69. The molecule has 0 unspecified atom stereocenters. The molecule has 5 heteroatoms. The number of amides is 1. The molecule has 1 fully saturated rings. The number of nitrogens with one attached hydrogen (secondary N) is 2. The van der Waals surface area contributed by atoms with Crippen LogP contribution in [0.2, 0.25) is 0 Å². The van der Waals surface area contributed by atoms with Crippen LogP contribution < -0.4 is 10.6 Å². The summed E-state index contributed by atoms with van der Waals surface area (Å²) in [5.74, 6) is 0.703. The molecule has 17 heavy (non-hydrogen) atoms. The standard InChI is InChI=1S/C12H19N3O2/c1-10-8-11(9-17-10)12(16)14-4-7-15-5-2-13-3-6-15/h8-9,13H,2-7H2,1H3,(H,14,16). The van der Waals surface area contributed by atoms with Gasteiger partial charge in [-0.15, -0.1) is 0 Å². The van der Waals surface area contributed by atoms with Crippen LogP contribution in [-0.4, -0.2) is 50.1 Å². The normalized spacial score (nSPS) is 17.0. The number of carbonyl (C=O) groups is 1. The Labute approximate surface area is 101 Å². The van der Waals surface area contributed by atoms with Gasteiger partial charge in [0.05, 0.1) is 5.56 Å². The summed E-state index contributed by atoms with van der Waals surface area (Å²) in [6.07, 6.45) is 1.50. The molecule has 5 nitrogen and oxygen atoms in total. The van der Waals surface area contributed by atoms with Crippen LogP contribution in [0.4, 0.5) is 0 Å². The summed E-state index contributed by atoms with van der Waals surface area (Å²) in [7, 11) is 0. The highest BCUT2D eigenvalue weighted by atomic mass is 16.3. The van der Waals surface area contributed by atoms with Gasteiger partial charge in [0.25, 0.3) is 5.91 Å². The molecule has 1 aliphatic heterocycles. The van der Waals surface area contributed by atoms with Gasteiger partial charge in [-0.25, -0.2) is 0 Å². The molecule has 94 valence electrons. The van der Waals surface area contributed by atoms with Crippen LogP contribution in [-0.2, 0) is 0 Å². The van der Waals surface area contributed by atoms with Crippen LogP contribution in [0.3, 0.4) is 0 Å². The van der Waals surface area contributed by atoms with Crippen molar-refractivity contribution in [3.8, 4) is 0 Å². The van der Waals surface area contributed by atoms with Gasteiger partial charge in [0, 0.05) is 39.3 Å². The van der Waals surface area contributed by atoms with E-state index in [1.165, 1.54) is 6.26 Å². The van der Waals surface area contributed by atoms with Gasteiger partial charge in [-0.1, -0.05) is 0 Å². The molecule has 0 radical (unpaired) electrons. The zero-order valence-electron chi connectivity index (χ0n) is 10.2. The summed E-state index contributed by atoms with van der Waals surface area (Å²) >= 11 is 0. The molecular formula is C12H19N3O2. The Morgan fingerprint density at radius 1 is 1.53 bits per heavy atom. The third-order valence-corrected chi connectivity index (χ3v) is 2.92. The molecule has 1 aromatic heterocycles. The van der Waals surface area contributed by atoms with E-state index in [2.05, 4.69) is 15.5 Å². The Bertz CT molecular complexity index is 370. The second-order valence-corrected chi connectivity index (χ2v) is 4.29. The van der Waals surface area contributed by atoms with Crippen molar-refractivity contribution < 1.29 is 9.21 Å². The average molecular weight is 237 g/mol. The third kappa shape index (κ3) is 3.57. The molecule has 1 aliphatic rings. The Hall–Kier alpha value is -1.33. The van der Waals surface area contributed by atoms with Crippen molar-refractivity contribution in [1.29, 1.82) is 0 Å². The lowest BCUT2D eigenvalue weighted by Crippen LogP contribution is -2.46. The number of piperazine rings is 1. The maximum atomic E-state index is 11.7. The summed E-state index contributed by atoms with van der Waals surface area (Å²) < 4.78 is 5.10. The molecule has 0 spiro atoms. The molecule has 0 saturated carbocycles. The number of aryl methyl sites for hydroxylation is 1. The lowest BCUT2D eigenvalue weighted by atomic mass is 10.3. The summed E-state index contributed by atoms with van der Waals surface area (Å²) in [5.41, 5.74) is 0.600. The van der Waals surface area contributed by atoms with E-state index in [0.717, 1.165) is 38.5 Å². The number of rotatable bonds is 4. The minimum Gasteiger partial charge on any atom is -0.469 e. The van der Waals surface area contributed by atoms with E-state index in [-0.39, 0.29) is 5.91 Å². The molecule has 0 atom stereocenters. The van der Waals surface area contributed by atoms with Crippen molar-refractivity contribution in [1.82, 2.24) is 15.5 Å². The van der Waals surface area contributed by atoms with Crippen molar-refractivity contribution in [2.24, 2.45) is 0 Å². The fourth-order valence-electron chi connectivity index (χ4n) is 1.93. The van der Waals surface area contributed by atoms with Gasteiger partial charge >= 0.3 is 0 Å². The highest BCUT2D eigenvalue weighted by molar-refractivity contribution is 5.93. The van der Waals surface area contributed by atoms with Crippen LogP contribution in [0, 0.1) is 6.92 Å². The highest BCUT2D eigenvalue weighted by Crippen LogP contribution is 2.05. The van der Waals surface area contributed by atoms with Gasteiger partial charge in [0.2, 0.25) is 0 Å². The van der Waals surface area contributed by atoms with E-state index in [1.807, 2.05) is 6.92 Å². The predicted octanol–water partition coefficient (Wildman–Crippen LogP) is 0.223. The quantitative estimate of drug-likeness (QED) is 0.786. The van der Waals surface area contributed by atoms with Crippen LogP contribution in [0.1, 0.15) is 16.1 Å². The smallest absolute Gasteiger partial charge is 0.254 e. The van der Waals surface area contributed by atoms with Gasteiger partial charge in [0.1, 0.15) is 12.0 Å². The molecule has 1 aromatic rings. The van der Waals surface area contributed by atoms with Crippen LogP contribution >= 0.6 is 0 Å². The van der Waals surface area contributed by atoms with Gasteiger partial charge < -0.3 is 15.1 Å². The first kappa shape index (κ1) is 12.1. The number of hydrogen-bond donors (Lipinski definition) is 2. The Kier molecular flexibility index (Phi) is 4.17. The zero-order chi connectivity index (χ0) is 12.1. The summed E-state index contributed by atoms with van der Waals surface area (Å²) in [6, 6.07) is 1.75. The third-order valence-electron chi connectivity index (χ3n) is 2.92. The topological polar surface area (TPSA) is 57.5 Å². The molecule has 0 bridgehead atoms. The highest BCUT2D eigenvalue weighted by Gasteiger charge is 2.11. The lowest BCUT2D eigenvalue weighted by molar-refractivity contribution is 0.0946. The molecule has 1 amide bonds. The van der Waals surface area contributed by atoms with Crippen LogP contribution in [0.5, 0.6) is 0 Å². The largest absolute Gasteiger partial charge is 0.469 e. The van der Waals surface area contributed by atoms with E-state index in [0.29, 0.717) is 12.1 Å². The van der Waals surface area contributed by atoms with Crippen molar-refractivity contribution in [3.05, 3.63) is 23.7 Å². The van der Waals surface area contributed by atoms with E-state index in [9.17, 15) is 4.79 Å². The predicted molar refractivity (Wildman–Crippen MR) is 65.1 cm³/mol. The number of hydrogen-bond acceptors (Lipinski definition) is 4. The van der Waals surface area contributed by atoms with E-state index < -0.39 is 0 Å². The number of carbonyl (C=O) groups excluding carboxylic acids is 1. The average Bonchev–Trinajstić information content (AvgIpc) is 2.77.